The van der Waals surface area contributed by atoms with E-state index in [0.29, 0.717) is 19.1 Å². The van der Waals surface area contributed by atoms with Crippen LogP contribution in [0.3, 0.4) is 0 Å². The Hall–Kier alpha value is -1.91. The maximum absolute atomic E-state index is 13.6. The van der Waals surface area contributed by atoms with E-state index >= 15 is 0 Å². The average molecular weight is 252 g/mol. The van der Waals surface area contributed by atoms with Crippen molar-refractivity contribution in [3.8, 4) is 5.75 Å². The fourth-order valence-corrected chi connectivity index (χ4v) is 2.07. The van der Waals surface area contributed by atoms with Crippen molar-refractivity contribution >= 4 is 12.3 Å². The van der Waals surface area contributed by atoms with E-state index in [1.165, 1.54) is 12.1 Å². The molecule has 1 N–H and O–H groups in total. The third-order valence-electron chi connectivity index (χ3n) is 3.16. The first kappa shape index (κ1) is 12.5. The van der Waals surface area contributed by atoms with Crippen molar-refractivity contribution in [2.75, 3.05) is 0 Å². The summed E-state index contributed by atoms with van der Waals surface area (Å²) in [7, 11) is 0. The molecule has 0 aromatic heterocycles. The molecule has 4 nitrogen and oxygen atoms in total. The number of aliphatic carboxylic acids is 1. The predicted octanol–water partition coefficient (Wildman–Crippen LogP) is 2.41. The van der Waals surface area contributed by atoms with Crippen LogP contribution >= 0.6 is 0 Å². The van der Waals surface area contributed by atoms with Gasteiger partial charge in [-0.25, -0.2) is 4.39 Å². The van der Waals surface area contributed by atoms with Gasteiger partial charge in [-0.15, -0.1) is 0 Å². The van der Waals surface area contributed by atoms with Gasteiger partial charge in [0.25, 0.3) is 0 Å². The average Bonchev–Trinajstić information content (AvgIpc) is 2.28. The van der Waals surface area contributed by atoms with E-state index in [9.17, 15) is 14.0 Å². The van der Waals surface area contributed by atoms with Gasteiger partial charge < -0.3 is 9.84 Å². The second-order valence-corrected chi connectivity index (χ2v) is 4.52. The smallest absolute Gasteiger partial charge is 0.307 e. The number of aldehydes is 1. The number of benzene rings is 1. The zero-order valence-electron chi connectivity index (χ0n) is 9.69. The fourth-order valence-electron chi connectivity index (χ4n) is 2.07. The Bertz CT molecular complexity index is 480. The lowest BCUT2D eigenvalue weighted by Crippen LogP contribution is -2.45. The van der Waals surface area contributed by atoms with E-state index in [1.807, 2.05) is 0 Å². The zero-order chi connectivity index (χ0) is 13.2. The van der Waals surface area contributed by atoms with Crippen LogP contribution in [0.2, 0.25) is 0 Å². The molecule has 1 fully saturated rings. The molecule has 1 aromatic carbocycles. The van der Waals surface area contributed by atoms with E-state index < -0.39 is 17.4 Å². The van der Waals surface area contributed by atoms with Gasteiger partial charge in [-0.3, -0.25) is 9.59 Å². The minimum atomic E-state index is -0.959. The molecule has 1 saturated carbocycles. The second kappa shape index (κ2) is 4.76. The van der Waals surface area contributed by atoms with E-state index in [0.717, 1.165) is 12.5 Å². The summed E-state index contributed by atoms with van der Waals surface area (Å²) in [6.45, 7) is 0. The van der Waals surface area contributed by atoms with Crippen molar-refractivity contribution in [1.82, 2.24) is 0 Å². The topological polar surface area (TPSA) is 63.6 Å². The molecule has 1 aliphatic carbocycles. The lowest BCUT2D eigenvalue weighted by molar-refractivity contribution is -0.144. The van der Waals surface area contributed by atoms with Crippen molar-refractivity contribution in [3.63, 3.8) is 0 Å². The predicted molar refractivity (Wildman–Crippen MR) is 61.3 cm³/mol. The Labute approximate surface area is 103 Å². The van der Waals surface area contributed by atoms with Gasteiger partial charge in [-0.1, -0.05) is 0 Å². The molecule has 0 unspecified atom stereocenters. The molecule has 0 bridgehead atoms. The molecule has 1 aliphatic rings. The highest BCUT2D eigenvalue weighted by molar-refractivity contribution is 5.75. The van der Waals surface area contributed by atoms with E-state index in [4.69, 9.17) is 9.84 Å². The molecular formula is C13H13FO4. The van der Waals surface area contributed by atoms with Crippen LogP contribution in [0.25, 0.3) is 0 Å². The van der Waals surface area contributed by atoms with Gasteiger partial charge in [0.1, 0.15) is 11.9 Å². The number of carbonyl (C=O) groups is 2. The van der Waals surface area contributed by atoms with Crippen LogP contribution in [-0.2, 0) is 4.79 Å². The van der Waals surface area contributed by atoms with Crippen LogP contribution in [0.5, 0.6) is 5.75 Å². The van der Waals surface area contributed by atoms with Crippen LogP contribution in [0.4, 0.5) is 4.39 Å². The number of carboxylic acid groups (broad SMARTS) is 1. The van der Waals surface area contributed by atoms with Crippen molar-refractivity contribution in [2.45, 2.75) is 31.3 Å². The van der Waals surface area contributed by atoms with Gasteiger partial charge in [0.2, 0.25) is 0 Å². The summed E-state index contributed by atoms with van der Waals surface area (Å²) in [6, 6.07) is 3.88. The number of ether oxygens (including phenoxy) is 1. The van der Waals surface area contributed by atoms with Crippen molar-refractivity contribution < 1.29 is 23.8 Å². The second-order valence-electron chi connectivity index (χ2n) is 4.52. The molecule has 0 aliphatic heterocycles. The maximum Gasteiger partial charge on any atom is 0.307 e. The Balaban J connectivity index is 2.17. The highest BCUT2D eigenvalue weighted by Crippen LogP contribution is 2.40. The Kier molecular flexibility index (Phi) is 3.32. The van der Waals surface area contributed by atoms with Gasteiger partial charge in [-0.05, 0) is 37.5 Å². The van der Waals surface area contributed by atoms with E-state index in [1.54, 1.807) is 0 Å². The van der Waals surface area contributed by atoms with Crippen molar-refractivity contribution in [3.05, 3.63) is 29.6 Å². The van der Waals surface area contributed by atoms with Crippen LogP contribution < -0.4 is 4.74 Å². The Morgan fingerprint density at radius 2 is 2.22 bits per heavy atom. The SMILES string of the molecule is O=Cc1ccc(OC2(CC(=O)O)CCC2)c(F)c1. The summed E-state index contributed by atoms with van der Waals surface area (Å²) >= 11 is 0. The van der Waals surface area contributed by atoms with Crippen LogP contribution in [0.1, 0.15) is 36.0 Å². The lowest BCUT2D eigenvalue weighted by Gasteiger charge is -2.40. The quantitative estimate of drug-likeness (QED) is 0.817. The molecule has 0 radical (unpaired) electrons. The molecule has 0 saturated heterocycles. The zero-order valence-corrected chi connectivity index (χ0v) is 9.69. The fraction of sp³-hybridized carbons (Fsp3) is 0.385. The molecule has 96 valence electrons. The third kappa shape index (κ3) is 2.50. The Morgan fingerprint density at radius 1 is 1.50 bits per heavy atom. The summed E-state index contributed by atoms with van der Waals surface area (Å²) < 4.78 is 19.1. The number of carboxylic acids is 1. The number of halogens is 1. The first-order chi connectivity index (χ1) is 8.54. The first-order valence-electron chi connectivity index (χ1n) is 5.70. The molecule has 2 rings (SSSR count). The summed E-state index contributed by atoms with van der Waals surface area (Å²) in [5.74, 6) is -1.60. The third-order valence-corrected chi connectivity index (χ3v) is 3.16. The van der Waals surface area contributed by atoms with E-state index in [-0.39, 0.29) is 17.7 Å². The summed E-state index contributed by atoms with van der Waals surface area (Å²) in [5, 5.41) is 8.82. The standard InChI is InChI=1S/C13H13FO4/c14-10-6-9(8-15)2-3-11(10)18-13(4-1-5-13)7-12(16)17/h2-3,6,8H,1,4-5,7H2,(H,16,17). The molecule has 5 heteroatoms. The molecule has 0 amide bonds. The normalized spacial score (nSPS) is 16.7. The summed E-state index contributed by atoms with van der Waals surface area (Å²) in [6.07, 6.45) is 2.49. The number of carbonyl (C=O) groups excluding carboxylic acids is 1. The monoisotopic (exact) mass is 252 g/mol. The molecular weight excluding hydrogens is 239 g/mol. The number of rotatable bonds is 5. The molecule has 0 atom stereocenters. The first-order valence-corrected chi connectivity index (χ1v) is 5.70. The van der Waals surface area contributed by atoms with Crippen LogP contribution in [0.15, 0.2) is 18.2 Å². The Morgan fingerprint density at radius 3 is 2.67 bits per heavy atom. The maximum atomic E-state index is 13.6. The number of hydrogen-bond donors (Lipinski definition) is 1. The summed E-state index contributed by atoms with van der Waals surface area (Å²) in [4.78, 5) is 21.2. The molecule has 0 spiro atoms. The van der Waals surface area contributed by atoms with Gasteiger partial charge in [0.05, 0.1) is 6.42 Å². The van der Waals surface area contributed by atoms with Gasteiger partial charge in [0.15, 0.2) is 11.6 Å². The highest BCUT2D eigenvalue weighted by Gasteiger charge is 2.42. The van der Waals surface area contributed by atoms with Gasteiger partial charge in [0, 0.05) is 5.56 Å². The molecule has 0 heterocycles. The van der Waals surface area contributed by atoms with E-state index in [2.05, 4.69) is 0 Å². The van der Waals surface area contributed by atoms with Crippen molar-refractivity contribution in [1.29, 1.82) is 0 Å². The molecule has 18 heavy (non-hydrogen) atoms. The molecule has 1 aromatic rings. The summed E-state index contributed by atoms with van der Waals surface area (Å²) in [5.41, 5.74) is -0.573. The van der Waals surface area contributed by atoms with Gasteiger partial charge >= 0.3 is 5.97 Å². The largest absolute Gasteiger partial charge is 0.484 e. The minimum absolute atomic E-state index is 0.00144. The van der Waals surface area contributed by atoms with Gasteiger partial charge in [-0.2, -0.15) is 0 Å². The lowest BCUT2D eigenvalue weighted by atomic mass is 9.77. The van der Waals surface area contributed by atoms with Crippen LogP contribution in [0, 0.1) is 5.82 Å². The number of hydrogen-bond acceptors (Lipinski definition) is 3. The van der Waals surface area contributed by atoms with Crippen LogP contribution in [-0.4, -0.2) is 23.0 Å². The van der Waals surface area contributed by atoms with Crippen molar-refractivity contribution in [2.24, 2.45) is 0 Å². The highest BCUT2D eigenvalue weighted by atomic mass is 19.1. The minimum Gasteiger partial charge on any atom is -0.484 e.